The van der Waals surface area contributed by atoms with Gasteiger partial charge in [0.15, 0.2) is 0 Å². The van der Waals surface area contributed by atoms with Crippen LogP contribution >= 0.6 is 0 Å². The third-order valence-electron chi connectivity index (χ3n) is 10.5. The number of rotatable bonds is 8. The van der Waals surface area contributed by atoms with Gasteiger partial charge in [0.2, 0.25) is 0 Å². The summed E-state index contributed by atoms with van der Waals surface area (Å²) in [7, 11) is -1.65. The molecule has 0 N–H and O–H groups in total. The van der Waals surface area contributed by atoms with E-state index in [-0.39, 0.29) is 16.2 Å². The molecule has 0 aliphatic heterocycles. The summed E-state index contributed by atoms with van der Waals surface area (Å²) in [5.41, 5.74) is 10.6. The quantitative estimate of drug-likeness (QED) is 0.145. The number of benzene rings is 4. The normalized spacial score (nSPS) is 13.6. The van der Waals surface area contributed by atoms with E-state index in [4.69, 9.17) is 12.5 Å². The van der Waals surface area contributed by atoms with E-state index in [1.807, 2.05) is 42.6 Å². The molecule has 7 rings (SSSR count). The Balaban J connectivity index is 1.34. The number of nitrogens with zero attached hydrogens (tertiary/aromatic N) is 3. The third kappa shape index (κ3) is 8.54. The first-order valence-corrected chi connectivity index (χ1v) is 23.6. The van der Waals surface area contributed by atoms with Gasteiger partial charge in [0.25, 0.3) is 0 Å². The summed E-state index contributed by atoms with van der Waals surface area (Å²) < 4.78 is 26.6. The number of pyridine rings is 2. The first-order chi connectivity index (χ1) is 27.0. The Bertz CT molecular complexity index is 2620. The van der Waals surface area contributed by atoms with Crippen LogP contribution in [-0.4, -0.2) is 22.6 Å². The van der Waals surface area contributed by atoms with Crippen LogP contribution < -0.4 is 4.74 Å². The fraction of sp³-hybridized carbons (Fsp3) is 0.333. The molecule has 0 saturated heterocycles. The topological polar surface area (TPSA) is 39.9 Å². The first-order valence-electron chi connectivity index (χ1n) is 20.9. The van der Waals surface area contributed by atoms with Crippen LogP contribution in [0.1, 0.15) is 87.3 Å². The van der Waals surface area contributed by atoms with Crippen molar-refractivity contribution >= 4 is 29.9 Å². The van der Waals surface area contributed by atoms with Crippen LogP contribution in [0.5, 0.6) is 11.5 Å². The van der Waals surface area contributed by atoms with Crippen LogP contribution in [0.4, 0.5) is 0 Å². The predicted molar refractivity (Wildman–Crippen MR) is 242 cm³/mol. The highest BCUT2D eigenvalue weighted by molar-refractivity contribution is 6.76. The largest absolute Gasteiger partial charge is 0.457 e. The monoisotopic (exact) mass is 759 g/mol. The second-order valence-electron chi connectivity index (χ2n) is 19.7. The van der Waals surface area contributed by atoms with Crippen molar-refractivity contribution in [2.75, 3.05) is 0 Å². The molecule has 5 heteroatoms. The average molecular weight is 760 g/mol. The lowest BCUT2D eigenvalue weighted by Gasteiger charge is -2.26. The number of hydrogen-bond acceptors (Lipinski definition) is 3. The Labute approximate surface area is 338 Å². The van der Waals surface area contributed by atoms with Crippen molar-refractivity contribution in [3.05, 3.63) is 138 Å². The standard InChI is InChI=1S/C51H59N3OSi/c1-49(2,3)38-21-24-53-48(32-38)54-46-19-16-35(37-27-39(50(4,5)6)31-40(28-37)51(7,8)9)30-44(46)43-18-17-42(33-47(43)54)55-41-15-13-14-36(29-41)45-26-34(20-23-52-45)22-25-56(10,11)12/h13-21,23-24,26-33H,22,25H2,1-12H3/i22D2. The van der Waals surface area contributed by atoms with E-state index >= 15 is 0 Å². The van der Waals surface area contributed by atoms with Crippen LogP contribution in [0.15, 0.2) is 116 Å². The van der Waals surface area contributed by atoms with Crippen molar-refractivity contribution in [2.24, 2.45) is 0 Å². The Morgan fingerprint density at radius 1 is 0.571 bits per heavy atom. The maximum atomic E-state index is 8.86. The summed E-state index contributed by atoms with van der Waals surface area (Å²) in [5.74, 6) is 2.26. The minimum absolute atomic E-state index is 0.0134. The summed E-state index contributed by atoms with van der Waals surface area (Å²) in [6, 6.07) is 36.7. The molecule has 4 nitrogen and oxygen atoms in total. The molecule has 0 aliphatic rings. The van der Waals surface area contributed by atoms with Crippen molar-refractivity contribution in [2.45, 2.75) is 111 Å². The number of hydrogen-bond donors (Lipinski definition) is 0. The van der Waals surface area contributed by atoms with E-state index in [9.17, 15) is 0 Å². The average Bonchev–Trinajstić information content (AvgIpc) is 3.46. The van der Waals surface area contributed by atoms with Crippen molar-refractivity contribution in [3.63, 3.8) is 0 Å². The van der Waals surface area contributed by atoms with Gasteiger partial charge in [0.05, 0.1) is 16.7 Å². The lowest BCUT2D eigenvalue weighted by molar-refractivity contribution is 0.483. The Hall–Kier alpha value is -5.00. The molecule has 0 bridgehead atoms. The smallest absolute Gasteiger partial charge is 0.137 e. The fourth-order valence-electron chi connectivity index (χ4n) is 7.08. The number of aromatic nitrogens is 3. The molecule has 0 atom stereocenters. The molecular formula is C51H59N3OSi. The molecular weight excluding hydrogens is 699 g/mol. The van der Waals surface area contributed by atoms with E-state index < -0.39 is 14.4 Å². The highest BCUT2D eigenvalue weighted by atomic mass is 28.3. The molecule has 3 heterocycles. The molecule has 0 spiro atoms. The Kier molecular flexibility index (Phi) is 9.48. The zero-order valence-corrected chi connectivity index (χ0v) is 36.4. The third-order valence-corrected chi connectivity index (χ3v) is 11.8. The van der Waals surface area contributed by atoms with E-state index in [0.29, 0.717) is 23.1 Å². The summed E-state index contributed by atoms with van der Waals surface area (Å²) in [6.07, 6.45) is 2.21. The Morgan fingerprint density at radius 2 is 1.25 bits per heavy atom. The number of aryl methyl sites for hydroxylation is 1. The second kappa shape index (κ2) is 14.5. The van der Waals surface area contributed by atoms with Gasteiger partial charge in [-0.2, -0.15) is 0 Å². The first kappa shape index (κ1) is 36.6. The van der Waals surface area contributed by atoms with Gasteiger partial charge in [0, 0.05) is 45.6 Å². The van der Waals surface area contributed by atoms with E-state index in [0.717, 1.165) is 38.9 Å². The van der Waals surface area contributed by atoms with Gasteiger partial charge in [-0.25, -0.2) is 4.98 Å². The van der Waals surface area contributed by atoms with Crippen LogP contribution in [-0.2, 0) is 22.6 Å². The number of fused-ring (bicyclic) bond motifs is 3. The van der Waals surface area contributed by atoms with Gasteiger partial charge in [0.1, 0.15) is 17.3 Å². The van der Waals surface area contributed by atoms with Crippen LogP contribution in [0.3, 0.4) is 0 Å². The van der Waals surface area contributed by atoms with Crippen molar-refractivity contribution < 1.29 is 7.48 Å². The van der Waals surface area contributed by atoms with Gasteiger partial charge in [-0.1, -0.05) is 124 Å². The highest BCUT2D eigenvalue weighted by Gasteiger charge is 2.23. The second-order valence-corrected chi connectivity index (χ2v) is 25.1. The summed E-state index contributed by atoms with van der Waals surface area (Å²) in [6.45, 7) is 27.0. The van der Waals surface area contributed by atoms with Gasteiger partial charge >= 0.3 is 0 Å². The van der Waals surface area contributed by atoms with Gasteiger partial charge in [-0.3, -0.25) is 9.55 Å². The van der Waals surface area contributed by atoms with E-state index in [2.05, 4.69) is 152 Å². The SMILES string of the molecule is [2H]C([2H])(C[Si](C)(C)C)c1ccnc(-c2cccc(Oc3ccc4c5cc(-c6cc(C(C)(C)C)cc(C(C)(C)C)c6)ccc5n(-c5cc(C(C)(C)C)ccn5)c4c3)c2)c1. The van der Waals surface area contributed by atoms with Crippen LogP contribution in [0, 0.1) is 0 Å². The van der Waals surface area contributed by atoms with E-state index in [1.54, 1.807) is 12.3 Å². The zero-order valence-electron chi connectivity index (χ0n) is 37.4. The highest BCUT2D eigenvalue weighted by Crippen LogP contribution is 2.40. The molecule has 56 heavy (non-hydrogen) atoms. The van der Waals surface area contributed by atoms with Crippen molar-refractivity contribution in [1.82, 2.24) is 14.5 Å². The van der Waals surface area contributed by atoms with Crippen LogP contribution in [0.2, 0.25) is 25.7 Å². The lowest BCUT2D eigenvalue weighted by Crippen LogP contribution is -2.19. The maximum Gasteiger partial charge on any atom is 0.137 e. The van der Waals surface area contributed by atoms with Gasteiger partial charge in [-0.15, -0.1) is 0 Å². The fourth-order valence-corrected chi connectivity index (χ4v) is 7.81. The lowest BCUT2D eigenvalue weighted by atomic mass is 9.79. The predicted octanol–water partition coefficient (Wildman–Crippen LogP) is 14.5. The Morgan fingerprint density at radius 3 is 1.93 bits per heavy atom. The molecule has 4 aromatic carbocycles. The van der Waals surface area contributed by atoms with E-state index in [1.165, 1.54) is 27.8 Å². The number of ether oxygens (including phenoxy) is 1. The minimum Gasteiger partial charge on any atom is -0.457 e. The molecule has 7 aromatic rings. The molecule has 0 unspecified atom stereocenters. The molecule has 288 valence electrons. The summed E-state index contributed by atoms with van der Waals surface area (Å²) in [4.78, 5) is 9.59. The molecule has 0 fully saturated rings. The van der Waals surface area contributed by atoms with Crippen molar-refractivity contribution in [3.8, 4) is 39.7 Å². The maximum absolute atomic E-state index is 8.86. The van der Waals surface area contributed by atoms with Gasteiger partial charge in [-0.05, 0) is 117 Å². The molecule has 0 aliphatic carbocycles. The minimum atomic E-state index is -1.65. The zero-order chi connectivity index (χ0) is 42.0. The van der Waals surface area contributed by atoms with Crippen LogP contribution in [0.25, 0.3) is 50.0 Å². The molecule has 0 saturated carbocycles. The summed E-state index contributed by atoms with van der Waals surface area (Å²) in [5, 5.41) is 2.28. The molecule has 0 amide bonds. The molecule has 3 aromatic heterocycles. The van der Waals surface area contributed by atoms with Crippen molar-refractivity contribution in [1.29, 1.82) is 0 Å². The van der Waals surface area contributed by atoms with Gasteiger partial charge < -0.3 is 4.74 Å². The molecule has 0 radical (unpaired) electrons. The summed E-state index contributed by atoms with van der Waals surface area (Å²) >= 11 is 0.